The van der Waals surface area contributed by atoms with Crippen LogP contribution in [0.3, 0.4) is 0 Å². The molecule has 0 atom stereocenters. The maximum absolute atomic E-state index is 9.27. The summed E-state index contributed by atoms with van der Waals surface area (Å²) in [4.78, 5) is 4.17. The van der Waals surface area contributed by atoms with Crippen molar-refractivity contribution in [2.24, 2.45) is 0 Å². The highest BCUT2D eigenvalue weighted by molar-refractivity contribution is 5.39. The van der Waals surface area contributed by atoms with E-state index in [9.17, 15) is 5.11 Å². The van der Waals surface area contributed by atoms with Crippen LogP contribution in [-0.4, -0.2) is 10.1 Å². The smallest absolute Gasteiger partial charge is 0.224 e. The van der Waals surface area contributed by atoms with Crippen LogP contribution in [0.15, 0.2) is 36.5 Å². The minimum Gasteiger partial charge on any atom is -0.439 e. The van der Waals surface area contributed by atoms with E-state index in [1.54, 1.807) is 12.3 Å². The van der Waals surface area contributed by atoms with E-state index in [2.05, 4.69) is 17.1 Å². The molecule has 0 saturated carbocycles. The third-order valence-electron chi connectivity index (χ3n) is 3.55. The molecule has 2 aromatic rings. The predicted molar refractivity (Wildman–Crippen MR) is 73.3 cm³/mol. The van der Waals surface area contributed by atoms with Gasteiger partial charge in [-0.2, -0.15) is 0 Å². The third-order valence-corrected chi connectivity index (χ3v) is 3.55. The molecule has 0 amide bonds. The molecule has 1 heterocycles. The Hall–Kier alpha value is -1.87. The Kier molecular flexibility index (Phi) is 3.47. The Morgan fingerprint density at radius 3 is 2.79 bits per heavy atom. The van der Waals surface area contributed by atoms with Crippen molar-refractivity contribution in [3.8, 4) is 11.6 Å². The normalized spacial score (nSPS) is 13.9. The first-order valence-electron chi connectivity index (χ1n) is 6.71. The van der Waals surface area contributed by atoms with Gasteiger partial charge in [-0.15, -0.1) is 0 Å². The fraction of sp³-hybridized carbons (Fsp3) is 0.312. The summed E-state index contributed by atoms with van der Waals surface area (Å²) in [6, 6.07) is 9.85. The number of hydrogen-bond acceptors (Lipinski definition) is 3. The maximum Gasteiger partial charge on any atom is 0.224 e. The molecule has 0 bridgehead atoms. The quantitative estimate of drug-likeness (QED) is 0.915. The van der Waals surface area contributed by atoms with Gasteiger partial charge in [0.1, 0.15) is 5.75 Å². The number of pyridine rings is 1. The highest BCUT2D eigenvalue weighted by Gasteiger charge is 2.11. The lowest BCUT2D eigenvalue weighted by Crippen LogP contribution is -2.02. The summed E-state index contributed by atoms with van der Waals surface area (Å²) in [5.41, 5.74) is 3.52. The van der Waals surface area contributed by atoms with E-state index in [4.69, 9.17) is 4.74 Å². The lowest BCUT2D eigenvalue weighted by Gasteiger charge is -2.16. The topological polar surface area (TPSA) is 42.4 Å². The van der Waals surface area contributed by atoms with E-state index >= 15 is 0 Å². The molecule has 1 aliphatic carbocycles. The van der Waals surface area contributed by atoms with Gasteiger partial charge in [0.15, 0.2) is 0 Å². The fourth-order valence-electron chi connectivity index (χ4n) is 2.52. The molecule has 98 valence electrons. The summed E-state index contributed by atoms with van der Waals surface area (Å²) in [5.74, 6) is 1.29. The molecule has 3 rings (SSSR count). The zero-order chi connectivity index (χ0) is 13.1. The summed E-state index contributed by atoms with van der Waals surface area (Å²) in [7, 11) is 0. The van der Waals surface area contributed by atoms with Gasteiger partial charge < -0.3 is 9.84 Å². The van der Waals surface area contributed by atoms with Gasteiger partial charge in [0.25, 0.3) is 0 Å². The number of hydrogen-bond donors (Lipinski definition) is 1. The van der Waals surface area contributed by atoms with E-state index in [1.807, 2.05) is 12.1 Å². The number of benzene rings is 1. The Morgan fingerprint density at radius 2 is 1.95 bits per heavy atom. The zero-order valence-electron chi connectivity index (χ0n) is 10.8. The molecule has 0 unspecified atom stereocenters. The molecule has 0 fully saturated rings. The Labute approximate surface area is 112 Å². The lowest BCUT2D eigenvalue weighted by atomic mass is 9.92. The van der Waals surface area contributed by atoms with Crippen molar-refractivity contribution in [1.82, 2.24) is 4.98 Å². The van der Waals surface area contributed by atoms with Crippen molar-refractivity contribution in [3.05, 3.63) is 53.2 Å². The number of aliphatic hydroxyl groups is 1. The minimum atomic E-state index is -0.0614. The number of aryl methyl sites for hydroxylation is 2. The average Bonchev–Trinajstić information content (AvgIpc) is 2.48. The first-order valence-corrected chi connectivity index (χ1v) is 6.71. The molecule has 0 saturated heterocycles. The second kappa shape index (κ2) is 5.41. The number of aliphatic hydroxyl groups excluding tert-OH is 1. The molecule has 1 aliphatic rings. The van der Waals surface area contributed by atoms with E-state index in [1.165, 1.54) is 30.4 Å². The molecule has 0 aliphatic heterocycles. The first-order chi connectivity index (χ1) is 9.36. The SMILES string of the molecule is OCc1cccnc1Oc1ccc2c(c1)CCCC2. The largest absolute Gasteiger partial charge is 0.439 e. The summed E-state index contributed by atoms with van der Waals surface area (Å²) >= 11 is 0. The summed E-state index contributed by atoms with van der Waals surface area (Å²) in [5, 5.41) is 9.27. The molecule has 3 nitrogen and oxygen atoms in total. The zero-order valence-corrected chi connectivity index (χ0v) is 10.8. The molecule has 0 radical (unpaired) electrons. The van der Waals surface area contributed by atoms with Crippen LogP contribution < -0.4 is 4.74 Å². The van der Waals surface area contributed by atoms with Crippen molar-refractivity contribution < 1.29 is 9.84 Å². The van der Waals surface area contributed by atoms with Gasteiger partial charge in [0.05, 0.1) is 6.61 Å². The lowest BCUT2D eigenvalue weighted by molar-refractivity contribution is 0.275. The predicted octanol–water partition coefficient (Wildman–Crippen LogP) is 3.25. The van der Waals surface area contributed by atoms with Gasteiger partial charge in [0.2, 0.25) is 5.88 Å². The van der Waals surface area contributed by atoms with Crippen LogP contribution in [0, 0.1) is 0 Å². The summed E-state index contributed by atoms with van der Waals surface area (Å²) in [6.45, 7) is -0.0614. The number of ether oxygens (including phenoxy) is 1. The number of rotatable bonds is 3. The van der Waals surface area contributed by atoms with Gasteiger partial charge >= 0.3 is 0 Å². The van der Waals surface area contributed by atoms with E-state index < -0.39 is 0 Å². The highest BCUT2D eigenvalue weighted by atomic mass is 16.5. The molecule has 1 aromatic heterocycles. The second-order valence-electron chi connectivity index (χ2n) is 4.87. The molecule has 3 heteroatoms. The maximum atomic E-state index is 9.27. The Bertz CT molecular complexity index is 581. The fourth-order valence-corrected chi connectivity index (χ4v) is 2.52. The van der Waals surface area contributed by atoms with Crippen molar-refractivity contribution in [3.63, 3.8) is 0 Å². The molecule has 19 heavy (non-hydrogen) atoms. The van der Waals surface area contributed by atoms with E-state index in [0.29, 0.717) is 11.4 Å². The highest BCUT2D eigenvalue weighted by Crippen LogP contribution is 2.28. The van der Waals surface area contributed by atoms with E-state index in [0.717, 1.165) is 12.2 Å². The Morgan fingerprint density at radius 1 is 1.11 bits per heavy atom. The van der Waals surface area contributed by atoms with Gasteiger partial charge in [-0.25, -0.2) is 4.98 Å². The molecular formula is C16H17NO2. The monoisotopic (exact) mass is 255 g/mol. The van der Waals surface area contributed by atoms with Crippen molar-refractivity contribution >= 4 is 0 Å². The molecule has 0 spiro atoms. The minimum absolute atomic E-state index is 0.0614. The van der Waals surface area contributed by atoms with Crippen molar-refractivity contribution in [2.75, 3.05) is 0 Å². The van der Waals surface area contributed by atoms with Gasteiger partial charge in [-0.3, -0.25) is 0 Å². The Balaban J connectivity index is 1.87. The number of aromatic nitrogens is 1. The summed E-state index contributed by atoms with van der Waals surface area (Å²) in [6.07, 6.45) is 6.50. The van der Waals surface area contributed by atoms with Crippen molar-refractivity contribution in [2.45, 2.75) is 32.3 Å². The van der Waals surface area contributed by atoms with Crippen LogP contribution >= 0.6 is 0 Å². The number of fused-ring (bicyclic) bond motifs is 1. The molecular weight excluding hydrogens is 238 g/mol. The van der Waals surface area contributed by atoms with E-state index in [-0.39, 0.29) is 6.61 Å². The second-order valence-corrected chi connectivity index (χ2v) is 4.87. The van der Waals surface area contributed by atoms with Crippen LogP contribution in [0.1, 0.15) is 29.5 Å². The van der Waals surface area contributed by atoms with Crippen LogP contribution in [-0.2, 0) is 19.4 Å². The van der Waals surface area contributed by atoms with Crippen LogP contribution in [0.4, 0.5) is 0 Å². The standard InChI is InChI=1S/C16H17NO2/c18-11-14-6-3-9-17-16(14)19-15-8-7-12-4-1-2-5-13(12)10-15/h3,6-10,18H,1-2,4-5,11H2. The first kappa shape index (κ1) is 12.2. The summed E-state index contributed by atoms with van der Waals surface area (Å²) < 4.78 is 5.80. The van der Waals surface area contributed by atoms with Gasteiger partial charge in [-0.05, 0) is 61.1 Å². The average molecular weight is 255 g/mol. The third kappa shape index (κ3) is 2.61. The van der Waals surface area contributed by atoms with Crippen molar-refractivity contribution in [1.29, 1.82) is 0 Å². The molecule has 1 N–H and O–H groups in total. The molecule has 1 aromatic carbocycles. The van der Waals surface area contributed by atoms with Crippen LogP contribution in [0.2, 0.25) is 0 Å². The van der Waals surface area contributed by atoms with Gasteiger partial charge in [-0.1, -0.05) is 6.07 Å². The number of nitrogens with zero attached hydrogens (tertiary/aromatic N) is 1. The van der Waals surface area contributed by atoms with Gasteiger partial charge in [0, 0.05) is 11.8 Å². The van der Waals surface area contributed by atoms with Crippen LogP contribution in [0.25, 0.3) is 0 Å². The van der Waals surface area contributed by atoms with Crippen LogP contribution in [0.5, 0.6) is 11.6 Å².